The first-order valence-corrected chi connectivity index (χ1v) is 20.6. The number of imide groups is 1. The maximum Gasteiger partial charge on any atom is 0.255 e. The number of rotatable bonds is 16. The predicted octanol–water partition coefficient (Wildman–Crippen LogP) is 5.90. The molecule has 3 aliphatic rings. The Morgan fingerprint density at radius 2 is 1.65 bits per heavy atom. The summed E-state index contributed by atoms with van der Waals surface area (Å²) in [7, 11) is 0. The molecule has 1 atom stereocenters. The molecule has 3 aliphatic heterocycles. The lowest BCUT2D eigenvalue weighted by Crippen LogP contribution is -2.52. The minimum absolute atomic E-state index is 0.0602. The lowest BCUT2D eigenvalue weighted by Gasteiger charge is -2.29. The molecule has 3 N–H and O–H groups in total. The highest BCUT2D eigenvalue weighted by Crippen LogP contribution is 2.35. The van der Waals surface area contributed by atoms with Crippen molar-refractivity contribution in [2.45, 2.75) is 44.8 Å². The van der Waals surface area contributed by atoms with Crippen molar-refractivity contribution in [3.8, 4) is 11.3 Å². The summed E-state index contributed by atoms with van der Waals surface area (Å²) in [4.78, 5) is 77.8. The number of benzene rings is 4. The Kier molecular flexibility index (Phi) is 13.0. The lowest BCUT2D eigenvalue weighted by atomic mass is 9.95. The molecule has 0 spiro atoms. The molecule has 1 unspecified atom stereocenters. The Hall–Kier alpha value is -6.75. The van der Waals surface area contributed by atoms with Gasteiger partial charge >= 0.3 is 0 Å². The van der Waals surface area contributed by atoms with Gasteiger partial charge in [-0.3, -0.25) is 34.3 Å². The monoisotopic (exact) mass is 875 g/mol. The molecule has 1 aromatic heterocycles. The van der Waals surface area contributed by atoms with Gasteiger partial charge in [0.15, 0.2) is 0 Å². The van der Waals surface area contributed by atoms with Crippen molar-refractivity contribution in [2.24, 2.45) is 4.99 Å². The van der Waals surface area contributed by atoms with E-state index in [9.17, 15) is 32.8 Å². The summed E-state index contributed by atoms with van der Waals surface area (Å²) in [5.74, 6) is -2.71. The van der Waals surface area contributed by atoms with Gasteiger partial charge in [-0.25, -0.2) is 18.7 Å². The lowest BCUT2D eigenvalue weighted by molar-refractivity contribution is -0.137. The van der Waals surface area contributed by atoms with Gasteiger partial charge in [-0.15, -0.1) is 0 Å². The van der Waals surface area contributed by atoms with Gasteiger partial charge in [-0.1, -0.05) is 35.9 Å². The largest absolute Gasteiger partial charge is 0.379 e. The Morgan fingerprint density at radius 1 is 0.889 bits per heavy atom. The fourth-order valence-corrected chi connectivity index (χ4v) is 7.89. The van der Waals surface area contributed by atoms with E-state index in [0.717, 1.165) is 11.1 Å². The number of carbonyl (C=O) groups is 5. The molecule has 14 nitrogen and oxygen atoms in total. The number of aliphatic imine (C=N–C) groups is 1. The molecule has 0 aliphatic carbocycles. The number of ketones is 1. The van der Waals surface area contributed by atoms with E-state index in [1.54, 1.807) is 66.9 Å². The fourth-order valence-electron chi connectivity index (χ4n) is 7.72. The smallest absolute Gasteiger partial charge is 0.255 e. The second kappa shape index (κ2) is 19.1. The maximum absolute atomic E-state index is 14.9. The molecule has 1 saturated heterocycles. The number of aromatic nitrogens is 2. The number of hydrogen-bond donors (Lipinski definition) is 3. The molecule has 1 fully saturated rings. The van der Waals surface area contributed by atoms with Crippen LogP contribution in [0.25, 0.3) is 11.3 Å². The molecule has 8 rings (SSSR count). The van der Waals surface area contributed by atoms with Gasteiger partial charge < -0.3 is 25.0 Å². The number of ether oxygens (including phenoxy) is 2. The zero-order valence-electron chi connectivity index (χ0n) is 33.7. The first-order valence-electron chi connectivity index (χ1n) is 20.3. The van der Waals surface area contributed by atoms with Crippen molar-refractivity contribution in [2.75, 3.05) is 38.3 Å². The quantitative estimate of drug-likeness (QED) is 0.0799. The van der Waals surface area contributed by atoms with Gasteiger partial charge in [-0.05, 0) is 72.1 Å². The van der Waals surface area contributed by atoms with E-state index in [1.165, 1.54) is 23.1 Å². The molecule has 0 radical (unpaired) electrons. The summed E-state index contributed by atoms with van der Waals surface area (Å²) < 4.78 is 41.0. The van der Waals surface area contributed by atoms with Gasteiger partial charge in [0.2, 0.25) is 17.8 Å². The molecule has 63 heavy (non-hydrogen) atoms. The molecule has 5 aromatic rings. The standard InChI is InChI=1S/C46H40ClF2N7O7/c47-29-9-12-32-34(22-29)42(40-36(48)5-2-6-37(40)49)51-23-28-24-52-46(55-41(28)32)53-30-10-7-26(8-11-30)43(59)50-16-18-63-20-19-62-17-15-31(57)21-27-3-1-4-33-35(27)25-56(45(33)61)38-13-14-39(58)54-44(38)60/h1-12,22,24,38H,13-21,23,25H2,(H,50,59)(H,52,53,55)(H,54,58,60). The number of hydrogen-bond acceptors (Lipinski definition) is 11. The van der Waals surface area contributed by atoms with E-state index >= 15 is 0 Å². The zero-order chi connectivity index (χ0) is 44.0. The summed E-state index contributed by atoms with van der Waals surface area (Å²) in [5.41, 5.74) is 5.02. The van der Waals surface area contributed by atoms with Crippen molar-refractivity contribution >= 4 is 58.4 Å². The average Bonchev–Trinajstić information content (AvgIpc) is 3.52. The summed E-state index contributed by atoms with van der Waals surface area (Å²) >= 11 is 6.33. The van der Waals surface area contributed by atoms with Crippen LogP contribution in [0.4, 0.5) is 20.4 Å². The molecule has 4 amide bonds. The predicted molar refractivity (Wildman–Crippen MR) is 228 cm³/mol. The Labute approximate surface area is 365 Å². The van der Waals surface area contributed by atoms with Gasteiger partial charge in [-0.2, -0.15) is 0 Å². The second-order valence-electron chi connectivity index (χ2n) is 15.0. The third kappa shape index (κ3) is 9.68. The minimum atomic E-state index is -0.745. The van der Waals surface area contributed by atoms with Crippen LogP contribution in [0, 0.1) is 11.6 Å². The molecule has 4 heterocycles. The van der Waals surface area contributed by atoms with E-state index in [-0.39, 0.29) is 112 Å². The SMILES string of the molecule is O=C(CCOCCOCCNC(=O)c1ccc(Nc2ncc3c(n2)-c2ccc(Cl)cc2C(c2c(F)cccc2F)=NC3)cc1)Cc1cccc2c1CN(C1CCC(=O)NC1=O)C2=O. The zero-order valence-corrected chi connectivity index (χ0v) is 34.5. The summed E-state index contributed by atoms with van der Waals surface area (Å²) in [6.45, 7) is 1.49. The van der Waals surface area contributed by atoms with Crippen LogP contribution >= 0.6 is 11.6 Å². The normalized spacial score (nSPS) is 15.5. The van der Waals surface area contributed by atoms with Gasteiger partial charge in [0.05, 0.1) is 49.9 Å². The van der Waals surface area contributed by atoms with Crippen molar-refractivity contribution in [1.82, 2.24) is 25.5 Å². The molecule has 17 heteroatoms. The average molecular weight is 876 g/mol. The Balaban J connectivity index is 0.750. The first kappa shape index (κ1) is 42.9. The minimum Gasteiger partial charge on any atom is -0.379 e. The van der Waals surface area contributed by atoms with Crippen molar-refractivity contribution in [3.05, 3.63) is 141 Å². The van der Waals surface area contributed by atoms with E-state index in [2.05, 4.69) is 25.9 Å². The van der Waals surface area contributed by atoms with Gasteiger partial charge in [0.25, 0.3) is 11.8 Å². The topological polar surface area (TPSA) is 181 Å². The summed E-state index contributed by atoms with van der Waals surface area (Å²) in [5, 5.41) is 8.62. The molecular formula is C46H40ClF2N7O7. The van der Waals surface area contributed by atoms with Crippen LogP contribution in [0.1, 0.15) is 67.8 Å². The van der Waals surface area contributed by atoms with Crippen LogP contribution < -0.4 is 16.0 Å². The highest BCUT2D eigenvalue weighted by molar-refractivity contribution is 6.31. The molecule has 0 saturated carbocycles. The maximum atomic E-state index is 14.9. The van der Waals surface area contributed by atoms with E-state index < -0.39 is 23.6 Å². The highest BCUT2D eigenvalue weighted by atomic mass is 35.5. The number of piperidine rings is 1. The molecule has 0 bridgehead atoms. The third-order valence-electron chi connectivity index (χ3n) is 10.9. The van der Waals surface area contributed by atoms with Crippen LogP contribution in [0.2, 0.25) is 5.02 Å². The van der Waals surface area contributed by atoms with Crippen LogP contribution in [-0.2, 0) is 43.4 Å². The number of anilines is 2. The van der Waals surface area contributed by atoms with Crippen LogP contribution in [0.5, 0.6) is 0 Å². The Morgan fingerprint density at radius 3 is 2.43 bits per heavy atom. The second-order valence-corrected chi connectivity index (χ2v) is 15.4. The number of nitrogens with zero attached hydrogens (tertiary/aromatic N) is 4. The van der Waals surface area contributed by atoms with Crippen LogP contribution in [0.3, 0.4) is 0 Å². The third-order valence-corrected chi connectivity index (χ3v) is 11.1. The van der Waals surface area contributed by atoms with E-state index in [0.29, 0.717) is 44.2 Å². The summed E-state index contributed by atoms with van der Waals surface area (Å²) in [6, 6.07) is 19.9. The highest BCUT2D eigenvalue weighted by Gasteiger charge is 2.40. The van der Waals surface area contributed by atoms with Crippen LogP contribution in [-0.4, -0.2) is 89.0 Å². The number of halogens is 3. The Bertz CT molecular complexity index is 2640. The van der Waals surface area contributed by atoms with E-state index in [4.69, 9.17) is 26.1 Å². The van der Waals surface area contributed by atoms with Gasteiger partial charge in [0, 0.05) is 77.1 Å². The van der Waals surface area contributed by atoms with Crippen LogP contribution in [0.15, 0.2) is 90.1 Å². The first-order chi connectivity index (χ1) is 30.5. The number of Topliss-reactive ketones (excluding diaryl/α,β-unsaturated/α-hetero) is 1. The molecular weight excluding hydrogens is 836 g/mol. The fraction of sp³-hybridized carbons (Fsp3) is 0.261. The summed E-state index contributed by atoms with van der Waals surface area (Å²) in [6.07, 6.45) is 2.33. The van der Waals surface area contributed by atoms with Crippen molar-refractivity contribution in [1.29, 1.82) is 0 Å². The van der Waals surface area contributed by atoms with Crippen molar-refractivity contribution in [3.63, 3.8) is 0 Å². The van der Waals surface area contributed by atoms with Gasteiger partial charge in [0.1, 0.15) is 23.5 Å². The molecule has 4 aromatic carbocycles. The van der Waals surface area contributed by atoms with Crippen molar-refractivity contribution < 1.29 is 42.2 Å². The number of amides is 4. The molecule has 322 valence electrons. The number of carbonyl (C=O) groups excluding carboxylic acids is 5. The number of nitrogens with one attached hydrogen (secondary N) is 3. The van der Waals surface area contributed by atoms with E-state index in [1.807, 2.05) is 0 Å². The number of fused-ring (bicyclic) bond motifs is 4.